The van der Waals surface area contributed by atoms with Gasteiger partial charge in [-0.25, -0.2) is 0 Å². The van der Waals surface area contributed by atoms with Gasteiger partial charge in [0.2, 0.25) is 0 Å². The van der Waals surface area contributed by atoms with E-state index in [9.17, 15) is 5.21 Å². The van der Waals surface area contributed by atoms with E-state index in [1.165, 1.54) is 0 Å². The molecular formula is C17H15NO2. The molecule has 1 aromatic heterocycles. The lowest BCUT2D eigenvalue weighted by Gasteiger charge is -2.07. The maximum absolute atomic E-state index is 9.27. The van der Waals surface area contributed by atoms with Gasteiger partial charge in [0.1, 0.15) is 16.7 Å². The zero-order valence-electron chi connectivity index (χ0n) is 11.4. The molecule has 0 bridgehead atoms. The first-order chi connectivity index (χ1) is 9.69. The van der Waals surface area contributed by atoms with Crippen molar-refractivity contribution in [1.29, 1.82) is 0 Å². The predicted molar refractivity (Wildman–Crippen MR) is 78.5 cm³/mol. The molecule has 3 heteroatoms. The Balaban J connectivity index is 2.39. The summed E-state index contributed by atoms with van der Waals surface area (Å²) in [6, 6.07) is 15.6. The Hall–Kier alpha value is -2.55. The van der Waals surface area contributed by atoms with Crippen LogP contribution < -0.4 is 5.36 Å². The number of rotatable bonds is 1. The Morgan fingerprint density at radius 2 is 1.75 bits per heavy atom. The molecular weight excluding hydrogens is 250 g/mol. The second-order valence-corrected chi connectivity index (χ2v) is 4.92. The molecule has 3 aromatic rings. The Kier molecular flexibility index (Phi) is 3.03. The first-order valence-corrected chi connectivity index (χ1v) is 6.47. The molecule has 0 saturated carbocycles. The fourth-order valence-corrected chi connectivity index (χ4v) is 2.45. The third kappa shape index (κ3) is 2.07. The highest BCUT2D eigenvalue weighted by molar-refractivity contribution is 5.82. The Morgan fingerprint density at radius 1 is 1.00 bits per heavy atom. The monoisotopic (exact) mass is 265 g/mol. The summed E-state index contributed by atoms with van der Waals surface area (Å²) in [6.07, 6.45) is 0. The molecule has 1 heterocycles. The normalized spacial score (nSPS) is 12.0. The summed E-state index contributed by atoms with van der Waals surface area (Å²) >= 11 is 0. The molecule has 20 heavy (non-hydrogen) atoms. The zero-order valence-corrected chi connectivity index (χ0v) is 11.4. The van der Waals surface area contributed by atoms with Crippen LogP contribution in [0.5, 0.6) is 0 Å². The van der Waals surface area contributed by atoms with Gasteiger partial charge in [-0.05, 0) is 31.0 Å². The van der Waals surface area contributed by atoms with Gasteiger partial charge in [0.05, 0.1) is 0 Å². The maximum atomic E-state index is 9.27. The molecule has 3 rings (SSSR count). The van der Waals surface area contributed by atoms with Crippen LogP contribution in [0, 0.1) is 13.8 Å². The molecule has 1 N–H and O–H groups in total. The number of hydrogen-bond acceptors (Lipinski definition) is 3. The summed E-state index contributed by atoms with van der Waals surface area (Å²) in [6.45, 7) is 4.01. The number of benzene rings is 2. The van der Waals surface area contributed by atoms with E-state index in [1.54, 1.807) is 6.07 Å². The Morgan fingerprint density at radius 3 is 2.45 bits per heavy atom. The molecule has 0 aliphatic rings. The van der Waals surface area contributed by atoms with Gasteiger partial charge in [0.15, 0.2) is 0 Å². The van der Waals surface area contributed by atoms with Crippen LogP contribution in [0.4, 0.5) is 0 Å². The third-order valence-electron chi connectivity index (χ3n) is 3.34. The van der Waals surface area contributed by atoms with E-state index in [-0.39, 0.29) is 0 Å². The average molecular weight is 265 g/mol. The lowest BCUT2D eigenvalue weighted by molar-refractivity contribution is 0.302. The Labute approximate surface area is 116 Å². The minimum atomic E-state index is 0.525. The number of fused-ring (bicyclic) bond motifs is 1. The molecule has 0 spiro atoms. The molecule has 100 valence electrons. The van der Waals surface area contributed by atoms with E-state index in [0.29, 0.717) is 11.1 Å². The first-order valence-electron chi connectivity index (χ1n) is 6.47. The summed E-state index contributed by atoms with van der Waals surface area (Å²) in [4.78, 5) is 0. The second-order valence-electron chi connectivity index (χ2n) is 4.92. The molecule has 0 aliphatic carbocycles. The van der Waals surface area contributed by atoms with E-state index in [1.807, 2.05) is 50.2 Å². The zero-order chi connectivity index (χ0) is 14.1. The van der Waals surface area contributed by atoms with Crippen molar-refractivity contribution in [1.82, 2.24) is 0 Å². The van der Waals surface area contributed by atoms with Gasteiger partial charge >= 0.3 is 0 Å². The van der Waals surface area contributed by atoms with Crippen molar-refractivity contribution in [3.8, 4) is 11.3 Å². The van der Waals surface area contributed by atoms with E-state index >= 15 is 0 Å². The molecule has 2 aromatic carbocycles. The average Bonchev–Trinajstić information content (AvgIpc) is 2.47. The van der Waals surface area contributed by atoms with Crippen molar-refractivity contribution in [3.63, 3.8) is 0 Å². The van der Waals surface area contributed by atoms with Crippen molar-refractivity contribution in [2.24, 2.45) is 5.16 Å². The van der Waals surface area contributed by atoms with E-state index in [4.69, 9.17) is 4.42 Å². The molecule has 0 atom stereocenters. The van der Waals surface area contributed by atoms with Gasteiger partial charge in [0, 0.05) is 17.0 Å². The fourth-order valence-electron chi connectivity index (χ4n) is 2.45. The van der Waals surface area contributed by atoms with Crippen LogP contribution in [0.3, 0.4) is 0 Å². The van der Waals surface area contributed by atoms with Gasteiger partial charge < -0.3 is 9.62 Å². The minimum Gasteiger partial charge on any atom is -0.456 e. The lowest BCUT2D eigenvalue weighted by atomic mass is 10.1. The van der Waals surface area contributed by atoms with Crippen LogP contribution in [0.15, 0.2) is 58.1 Å². The van der Waals surface area contributed by atoms with Gasteiger partial charge in [-0.3, -0.25) is 0 Å². The van der Waals surface area contributed by atoms with Crippen LogP contribution >= 0.6 is 0 Å². The molecule has 3 nitrogen and oxygen atoms in total. The Bertz CT molecular complexity index is 833. The topological polar surface area (TPSA) is 45.7 Å². The largest absolute Gasteiger partial charge is 0.456 e. The number of nitrogens with zero attached hydrogens (tertiary/aromatic N) is 1. The smallest absolute Gasteiger partial charge is 0.139 e. The highest BCUT2D eigenvalue weighted by Gasteiger charge is 2.08. The quantitative estimate of drug-likeness (QED) is 0.534. The summed E-state index contributed by atoms with van der Waals surface area (Å²) in [5.41, 5.74) is 3.86. The van der Waals surface area contributed by atoms with Gasteiger partial charge in [0.25, 0.3) is 0 Å². The van der Waals surface area contributed by atoms with E-state index in [2.05, 4.69) is 11.2 Å². The molecule has 0 unspecified atom stereocenters. The van der Waals surface area contributed by atoms with Crippen LogP contribution in [-0.4, -0.2) is 5.21 Å². The van der Waals surface area contributed by atoms with Crippen molar-refractivity contribution in [2.75, 3.05) is 0 Å². The number of aryl methyl sites for hydroxylation is 2. The van der Waals surface area contributed by atoms with E-state index < -0.39 is 0 Å². The SMILES string of the molecule is Cc1cc(C)c2oc(-c3ccccc3)cc(=NO)c2c1. The van der Waals surface area contributed by atoms with Crippen LogP contribution in [0.1, 0.15) is 11.1 Å². The molecule has 0 fully saturated rings. The molecule has 0 aliphatic heterocycles. The van der Waals surface area contributed by atoms with Crippen molar-refractivity contribution < 1.29 is 9.62 Å². The minimum absolute atomic E-state index is 0.525. The van der Waals surface area contributed by atoms with Gasteiger partial charge in [-0.15, -0.1) is 0 Å². The molecule has 0 radical (unpaired) electrons. The molecule has 0 saturated heterocycles. The third-order valence-corrected chi connectivity index (χ3v) is 3.34. The summed E-state index contributed by atoms with van der Waals surface area (Å²) in [5.74, 6) is 0.692. The first kappa shape index (κ1) is 12.5. The highest BCUT2D eigenvalue weighted by Crippen LogP contribution is 2.24. The summed E-state index contributed by atoms with van der Waals surface area (Å²) < 4.78 is 6.00. The fraction of sp³-hybridized carbons (Fsp3) is 0.118. The highest BCUT2D eigenvalue weighted by atomic mass is 16.4. The van der Waals surface area contributed by atoms with Gasteiger partial charge in [-0.2, -0.15) is 0 Å². The standard InChI is InChI=1S/C17H15NO2/c1-11-8-12(2)17-14(9-11)15(18-19)10-16(20-17)13-6-4-3-5-7-13/h3-10,19H,1-2H3. The van der Waals surface area contributed by atoms with Crippen LogP contribution in [0.2, 0.25) is 0 Å². The van der Waals surface area contributed by atoms with Crippen LogP contribution in [0.25, 0.3) is 22.3 Å². The van der Waals surface area contributed by atoms with Crippen molar-refractivity contribution in [3.05, 3.63) is 65.0 Å². The lowest BCUT2D eigenvalue weighted by Crippen LogP contribution is -2.04. The summed E-state index contributed by atoms with van der Waals surface area (Å²) in [5, 5.41) is 14.0. The van der Waals surface area contributed by atoms with Crippen molar-refractivity contribution in [2.45, 2.75) is 13.8 Å². The second kappa shape index (κ2) is 4.85. The summed E-state index contributed by atoms with van der Waals surface area (Å²) in [7, 11) is 0. The van der Waals surface area contributed by atoms with Crippen molar-refractivity contribution >= 4 is 11.0 Å². The van der Waals surface area contributed by atoms with Gasteiger partial charge in [-0.1, -0.05) is 41.6 Å². The van der Waals surface area contributed by atoms with E-state index in [0.717, 1.165) is 27.7 Å². The van der Waals surface area contributed by atoms with Crippen LogP contribution in [-0.2, 0) is 0 Å². The number of hydrogen-bond donors (Lipinski definition) is 1. The predicted octanol–water partition coefficient (Wildman–Crippen LogP) is 4.01. The maximum Gasteiger partial charge on any atom is 0.139 e. The molecule has 0 amide bonds.